The van der Waals surface area contributed by atoms with E-state index in [1.54, 1.807) is 0 Å². The number of hydrogen-bond donors (Lipinski definition) is 1. The smallest absolute Gasteiger partial charge is 0.108 e. The maximum atomic E-state index is 9.55. The SMILES string of the molecule is Cc1ccc(SC2CCC(C#N)(NC3CC3)C2)c(C)c1. The van der Waals surface area contributed by atoms with E-state index >= 15 is 0 Å². The molecule has 0 bridgehead atoms. The summed E-state index contributed by atoms with van der Waals surface area (Å²) in [6, 6.07) is 9.84. The highest BCUT2D eigenvalue weighted by Crippen LogP contribution is 2.42. The van der Waals surface area contributed by atoms with Crippen molar-refractivity contribution < 1.29 is 0 Å². The Bertz CT molecular complexity index is 544. The Morgan fingerprint density at radius 1 is 1.30 bits per heavy atom. The predicted octanol–water partition coefficient (Wildman–Crippen LogP) is 3.96. The van der Waals surface area contributed by atoms with E-state index in [0.29, 0.717) is 11.3 Å². The first kappa shape index (κ1) is 14.0. The molecule has 0 radical (unpaired) electrons. The van der Waals surface area contributed by atoms with E-state index in [1.165, 1.54) is 28.9 Å². The molecule has 2 aliphatic carbocycles. The Morgan fingerprint density at radius 2 is 2.10 bits per heavy atom. The Labute approximate surface area is 125 Å². The molecule has 2 fully saturated rings. The summed E-state index contributed by atoms with van der Waals surface area (Å²) in [6.45, 7) is 4.32. The second-order valence-electron chi connectivity index (χ2n) is 6.36. The number of thioether (sulfide) groups is 1. The van der Waals surface area contributed by atoms with Gasteiger partial charge in [0.2, 0.25) is 0 Å². The predicted molar refractivity (Wildman–Crippen MR) is 83.9 cm³/mol. The second-order valence-corrected chi connectivity index (χ2v) is 7.71. The number of aryl methyl sites for hydroxylation is 2. The molecule has 2 atom stereocenters. The van der Waals surface area contributed by atoms with E-state index in [-0.39, 0.29) is 5.54 Å². The van der Waals surface area contributed by atoms with Gasteiger partial charge in [-0.25, -0.2) is 0 Å². The topological polar surface area (TPSA) is 35.8 Å². The molecule has 1 aromatic carbocycles. The van der Waals surface area contributed by atoms with Crippen molar-refractivity contribution in [1.82, 2.24) is 5.32 Å². The van der Waals surface area contributed by atoms with Gasteiger partial charge in [0, 0.05) is 16.2 Å². The van der Waals surface area contributed by atoms with Gasteiger partial charge in [-0.05, 0) is 57.6 Å². The van der Waals surface area contributed by atoms with Crippen LogP contribution in [0.15, 0.2) is 23.1 Å². The van der Waals surface area contributed by atoms with Crippen LogP contribution in [-0.4, -0.2) is 16.8 Å². The van der Waals surface area contributed by atoms with Crippen LogP contribution in [0, 0.1) is 25.2 Å². The van der Waals surface area contributed by atoms with Crippen LogP contribution < -0.4 is 5.32 Å². The lowest BCUT2D eigenvalue weighted by atomic mass is 10.00. The van der Waals surface area contributed by atoms with Gasteiger partial charge >= 0.3 is 0 Å². The molecule has 2 nitrogen and oxygen atoms in total. The zero-order chi connectivity index (χ0) is 14.2. The minimum Gasteiger partial charge on any atom is -0.297 e. The van der Waals surface area contributed by atoms with Crippen LogP contribution in [0.2, 0.25) is 0 Å². The van der Waals surface area contributed by atoms with E-state index in [2.05, 4.69) is 43.4 Å². The molecule has 2 unspecified atom stereocenters. The van der Waals surface area contributed by atoms with E-state index < -0.39 is 0 Å². The minimum absolute atomic E-state index is 0.253. The normalized spacial score (nSPS) is 29.4. The van der Waals surface area contributed by atoms with Crippen LogP contribution in [0.1, 0.15) is 43.2 Å². The molecule has 0 aromatic heterocycles. The van der Waals surface area contributed by atoms with Gasteiger partial charge in [0.25, 0.3) is 0 Å². The average molecular weight is 286 g/mol. The highest BCUT2D eigenvalue weighted by Gasteiger charge is 2.43. The van der Waals surface area contributed by atoms with E-state index in [4.69, 9.17) is 0 Å². The number of rotatable bonds is 4. The van der Waals surface area contributed by atoms with Crippen molar-refractivity contribution in [3.05, 3.63) is 29.3 Å². The highest BCUT2D eigenvalue weighted by molar-refractivity contribution is 8.00. The molecular formula is C17H22N2S. The average Bonchev–Trinajstić information content (AvgIpc) is 3.13. The summed E-state index contributed by atoms with van der Waals surface area (Å²) in [5.41, 5.74) is 2.43. The van der Waals surface area contributed by atoms with Gasteiger partial charge in [-0.1, -0.05) is 17.7 Å². The molecule has 2 aliphatic rings. The fraction of sp³-hybridized carbons (Fsp3) is 0.588. The molecule has 1 N–H and O–H groups in total. The summed E-state index contributed by atoms with van der Waals surface area (Å²) >= 11 is 1.96. The standard InChI is InChI=1S/C17H22N2S/c1-12-3-6-16(13(2)9-12)20-15-7-8-17(10-15,11-18)19-14-4-5-14/h3,6,9,14-15,19H,4-5,7-8,10H2,1-2H3. The molecule has 20 heavy (non-hydrogen) atoms. The lowest BCUT2D eigenvalue weighted by molar-refractivity contribution is 0.420. The van der Waals surface area contributed by atoms with Gasteiger partial charge in [0.1, 0.15) is 5.54 Å². The molecule has 0 heterocycles. The Hall–Kier alpha value is -0.980. The summed E-state index contributed by atoms with van der Waals surface area (Å²) in [5, 5.41) is 13.7. The Balaban J connectivity index is 1.66. The van der Waals surface area contributed by atoms with Gasteiger partial charge in [0.15, 0.2) is 0 Å². The maximum Gasteiger partial charge on any atom is 0.108 e. The Kier molecular flexibility index (Phi) is 3.79. The van der Waals surface area contributed by atoms with Crippen LogP contribution in [0.5, 0.6) is 0 Å². The summed E-state index contributed by atoms with van der Waals surface area (Å²) in [6.07, 6.45) is 5.63. The number of nitrogens with one attached hydrogen (secondary N) is 1. The van der Waals surface area contributed by atoms with Crippen LogP contribution in [0.4, 0.5) is 0 Å². The maximum absolute atomic E-state index is 9.55. The summed E-state index contributed by atoms with van der Waals surface area (Å²) in [4.78, 5) is 1.38. The molecule has 0 aliphatic heterocycles. The van der Waals surface area contributed by atoms with E-state index in [9.17, 15) is 5.26 Å². The quantitative estimate of drug-likeness (QED) is 0.910. The van der Waals surface area contributed by atoms with Crippen LogP contribution >= 0.6 is 11.8 Å². The molecule has 3 rings (SSSR count). The number of benzene rings is 1. The van der Waals surface area contributed by atoms with Gasteiger partial charge in [-0.15, -0.1) is 11.8 Å². The fourth-order valence-electron chi connectivity index (χ4n) is 3.10. The zero-order valence-corrected chi connectivity index (χ0v) is 13.1. The molecule has 2 saturated carbocycles. The number of hydrogen-bond acceptors (Lipinski definition) is 3. The minimum atomic E-state index is -0.253. The van der Waals surface area contributed by atoms with Gasteiger partial charge in [-0.3, -0.25) is 5.32 Å². The van der Waals surface area contributed by atoms with Gasteiger partial charge in [0.05, 0.1) is 6.07 Å². The van der Waals surface area contributed by atoms with E-state index in [1.807, 2.05) is 11.8 Å². The van der Waals surface area contributed by atoms with Crippen LogP contribution in [0.3, 0.4) is 0 Å². The first-order valence-corrected chi connectivity index (χ1v) is 8.41. The fourth-order valence-corrected chi connectivity index (χ4v) is 4.45. The Morgan fingerprint density at radius 3 is 2.75 bits per heavy atom. The summed E-state index contributed by atoms with van der Waals surface area (Å²) in [7, 11) is 0. The number of nitrogens with zero attached hydrogens (tertiary/aromatic N) is 1. The lowest BCUT2D eigenvalue weighted by Gasteiger charge is -2.22. The van der Waals surface area contributed by atoms with Crippen molar-refractivity contribution in [2.75, 3.05) is 0 Å². The van der Waals surface area contributed by atoms with Crippen molar-refractivity contribution >= 4 is 11.8 Å². The summed E-state index contributed by atoms with van der Waals surface area (Å²) in [5.74, 6) is 0. The molecule has 0 saturated heterocycles. The lowest BCUT2D eigenvalue weighted by Crippen LogP contribution is -2.43. The molecule has 0 spiro atoms. The second kappa shape index (κ2) is 5.42. The highest BCUT2D eigenvalue weighted by atomic mass is 32.2. The van der Waals surface area contributed by atoms with Crippen molar-refractivity contribution in [3.8, 4) is 6.07 Å². The molecule has 106 valence electrons. The van der Waals surface area contributed by atoms with Crippen molar-refractivity contribution in [2.45, 2.75) is 67.7 Å². The molecule has 0 amide bonds. The molecular weight excluding hydrogens is 264 g/mol. The first-order chi connectivity index (χ1) is 9.60. The van der Waals surface area contributed by atoms with Crippen molar-refractivity contribution in [3.63, 3.8) is 0 Å². The third-order valence-electron chi connectivity index (χ3n) is 4.37. The molecule has 1 aromatic rings. The first-order valence-electron chi connectivity index (χ1n) is 7.53. The largest absolute Gasteiger partial charge is 0.297 e. The van der Waals surface area contributed by atoms with E-state index in [0.717, 1.165) is 19.3 Å². The third-order valence-corrected chi connectivity index (χ3v) is 5.81. The van der Waals surface area contributed by atoms with Crippen molar-refractivity contribution in [1.29, 1.82) is 5.26 Å². The third kappa shape index (κ3) is 3.02. The van der Waals surface area contributed by atoms with Gasteiger partial charge < -0.3 is 0 Å². The monoisotopic (exact) mass is 286 g/mol. The van der Waals surface area contributed by atoms with Crippen LogP contribution in [0.25, 0.3) is 0 Å². The van der Waals surface area contributed by atoms with Crippen LogP contribution in [-0.2, 0) is 0 Å². The number of nitriles is 1. The zero-order valence-electron chi connectivity index (χ0n) is 12.3. The molecule has 3 heteroatoms. The van der Waals surface area contributed by atoms with Crippen molar-refractivity contribution in [2.24, 2.45) is 0 Å². The van der Waals surface area contributed by atoms with Gasteiger partial charge in [-0.2, -0.15) is 5.26 Å². The summed E-state index contributed by atoms with van der Waals surface area (Å²) < 4.78 is 0.